The molecule has 1 aromatic rings. The fourth-order valence-electron chi connectivity index (χ4n) is 1.79. The van der Waals surface area contributed by atoms with Gasteiger partial charge in [-0.3, -0.25) is 0 Å². The Bertz CT molecular complexity index is 351. The van der Waals surface area contributed by atoms with Gasteiger partial charge in [0.2, 0.25) is 0 Å². The first-order valence-corrected chi connectivity index (χ1v) is 7.24. The molecule has 0 aliphatic carbocycles. The Morgan fingerprint density at radius 3 is 2.50 bits per heavy atom. The van der Waals surface area contributed by atoms with Gasteiger partial charge in [-0.15, -0.1) is 0 Å². The summed E-state index contributed by atoms with van der Waals surface area (Å²) in [6, 6.07) is 8.37. The van der Waals surface area contributed by atoms with Crippen molar-refractivity contribution in [3.63, 3.8) is 0 Å². The van der Waals surface area contributed by atoms with Gasteiger partial charge in [-0.1, -0.05) is 26.0 Å². The molecular weight excluding hydrogens is 254 g/mol. The lowest BCUT2D eigenvalue weighted by atomic mass is 10.1. The molecule has 0 aliphatic rings. The fraction of sp³-hybridized carbons (Fsp3) is 0.625. The van der Waals surface area contributed by atoms with Crippen LogP contribution in [0.3, 0.4) is 0 Å². The van der Waals surface area contributed by atoms with Crippen LogP contribution in [-0.2, 0) is 11.2 Å². The van der Waals surface area contributed by atoms with E-state index in [9.17, 15) is 5.11 Å². The molecule has 20 heavy (non-hydrogen) atoms. The molecule has 0 aliphatic heterocycles. The number of aliphatic hydroxyl groups excluding tert-OH is 1. The average molecular weight is 281 g/mol. The zero-order valence-electron chi connectivity index (χ0n) is 12.8. The number of rotatable bonds is 10. The van der Waals surface area contributed by atoms with E-state index in [1.807, 2.05) is 24.3 Å². The highest BCUT2D eigenvalue weighted by atomic mass is 16.5. The minimum atomic E-state index is -0.436. The molecule has 0 fully saturated rings. The molecule has 0 spiro atoms. The summed E-state index contributed by atoms with van der Waals surface area (Å²) in [4.78, 5) is 0. The first-order chi connectivity index (χ1) is 9.61. The van der Waals surface area contributed by atoms with Crippen LogP contribution in [0.25, 0.3) is 0 Å². The highest BCUT2D eigenvalue weighted by Gasteiger charge is 2.05. The maximum Gasteiger partial charge on any atom is 0.119 e. The summed E-state index contributed by atoms with van der Waals surface area (Å²) in [5, 5.41) is 13.1. The van der Waals surface area contributed by atoms with E-state index < -0.39 is 6.10 Å². The van der Waals surface area contributed by atoms with E-state index in [0.717, 1.165) is 25.3 Å². The van der Waals surface area contributed by atoms with E-state index in [1.54, 1.807) is 7.11 Å². The smallest absolute Gasteiger partial charge is 0.119 e. The molecule has 4 nitrogen and oxygen atoms in total. The molecule has 4 heteroatoms. The van der Waals surface area contributed by atoms with Gasteiger partial charge < -0.3 is 19.9 Å². The van der Waals surface area contributed by atoms with Crippen LogP contribution in [-0.4, -0.2) is 44.1 Å². The molecule has 0 heterocycles. The molecule has 1 unspecified atom stereocenters. The zero-order chi connectivity index (χ0) is 14.8. The van der Waals surface area contributed by atoms with Gasteiger partial charge in [0.15, 0.2) is 0 Å². The Hall–Kier alpha value is -1.10. The van der Waals surface area contributed by atoms with E-state index >= 15 is 0 Å². The average Bonchev–Trinajstić information content (AvgIpc) is 2.43. The van der Waals surface area contributed by atoms with Crippen molar-refractivity contribution in [3.05, 3.63) is 29.8 Å². The maximum absolute atomic E-state index is 9.81. The molecule has 114 valence electrons. The Kier molecular flexibility index (Phi) is 8.26. The largest absolute Gasteiger partial charge is 0.491 e. The third kappa shape index (κ3) is 7.48. The number of aliphatic hydroxyl groups is 1. The van der Waals surface area contributed by atoms with Crippen molar-refractivity contribution in [2.75, 3.05) is 26.9 Å². The van der Waals surface area contributed by atoms with Crippen LogP contribution in [0.5, 0.6) is 5.75 Å². The molecule has 0 bridgehead atoms. The molecule has 0 saturated heterocycles. The number of ether oxygens (including phenoxy) is 2. The van der Waals surface area contributed by atoms with Crippen LogP contribution in [0.1, 0.15) is 25.8 Å². The predicted octanol–water partition coefficient (Wildman–Crippen LogP) is 2.00. The van der Waals surface area contributed by atoms with E-state index in [0.29, 0.717) is 19.1 Å². The van der Waals surface area contributed by atoms with Crippen molar-refractivity contribution < 1.29 is 14.6 Å². The molecule has 0 radical (unpaired) electrons. The summed E-state index contributed by atoms with van der Waals surface area (Å²) >= 11 is 0. The lowest BCUT2D eigenvalue weighted by Crippen LogP contribution is -2.28. The number of methoxy groups -OCH3 is 1. The van der Waals surface area contributed by atoms with Gasteiger partial charge in [-0.2, -0.15) is 0 Å². The normalized spacial score (nSPS) is 12.7. The van der Waals surface area contributed by atoms with Crippen LogP contribution < -0.4 is 10.1 Å². The van der Waals surface area contributed by atoms with E-state index in [4.69, 9.17) is 9.47 Å². The quantitative estimate of drug-likeness (QED) is 0.689. The maximum atomic E-state index is 9.81. The van der Waals surface area contributed by atoms with Crippen LogP contribution >= 0.6 is 0 Å². The van der Waals surface area contributed by atoms with Crippen molar-refractivity contribution in [2.45, 2.75) is 38.8 Å². The summed E-state index contributed by atoms with van der Waals surface area (Å²) in [6.45, 7) is 6.04. The van der Waals surface area contributed by atoms with Crippen LogP contribution in [0.15, 0.2) is 24.3 Å². The number of hydrogen-bond acceptors (Lipinski definition) is 4. The highest BCUT2D eigenvalue weighted by Crippen LogP contribution is 2.13. The molecule has 0 saturated carbocycles. The third-order valence-corrected chi connectivity index (χ3v) is 2.99. The van der Waals surface area contributed by atoms with Crippen molar-refractivity contribution in [1.29, 1.82) is 0 Å². The Morgan fingerprint density at radius 2 is 1.90 bits per heavy atom. The first kappa shape index (κ1) is 17.0. The summed E-state index contributed by atoms with van der Waals surface area (Å²) in [7, 11) is 1.70. The van der Waals surface area contributed by atoms with Gasteiger partial charge >= 0.3 is 0 Å². The number of hydrogen-bond donors (Lipinski definition) is 2. The molecule has 1 atom stereocenters. The summed E-state index contributed by atoms with van der Waals surface area (Å²) in [5.41, 5.74) is 1.22. The van der Waals surface area contributed by atoms with E-state index in [-0.39, 0.29) is 0 Å². The number of benzene rings is 1. The Balaban J connectivity index is 2.23. The lowest BCUT2D eigenvalue weighted by Gasteiger charge is -2.14. The second-order valence-corrected chi connectivity index (χ2v) is 5.25. The SMILES string of the molecule is COCCc1ccc(OCC(O)CCNC(C)C)cc1. The van der Waals surface area contributed by atoms with Crippen LogP contribution in [0.4, 0.5) is 0 Å². The molecular formula is C16H27NO3. The standard InChI is InChI=1S/C16H27NO3/c1-13(2)17-10-8-15(18)12-20-16-6-4-14(5-7-16)9-11-19-3/h4-7,13,15,17-18H,8-12H2,1-3H3. The highest BCUT2D eigenvalue weighted by molar-refractivity contribution is 5.27. The van der Waals surface area contributed by atoms with Crippen molar-refractivity contribution in [2.24, 2.45) is 0 Å². The van der Waals surface area contributed by atoms with Crippen LogP contribution in [0.2, 0.25) is 0 Å². The van der Waals surface area contributed by atoms with Gasteiger partial charge in [-0.05, 0) is 37.1 Å². The summed E-state index contributed by atoms with van der Waals surface area (Å²) in [6.07, 6.45) is 1.17. The lowest BCUT2D eigenvalue weighted by molar-refractivity contribution is 0.0995. The summed E-state index contributed by atoms with van der Waals surface area (Å²) < 4.78 is 10.6. The minimum absolute atomic E-state index is 0.331. The molecule has 2 N–H and O–H groups in total. The van der Waals surface area contributed by atoms with E-state index in [1.165, 1.54) is 5.56 Å². The molecule has 1 rings (SSSR count). The predicted molar refractivity (Wildman–Crippen MR) is 81.3 cm³/mol. The Morgan fingerprint density at radius 1 is 1.20 bits per heavy atom. The minimum Gasteiger partial charge on any atom is -0.491 e. The fourth-order valence-corrected chi connectivity index (χ4v) is 1.79. The van der Waals surface area contributed by atoms with Gasteiger partial charge in [0, 0.05) is 13.2 Å². The number of nitrogens with one attached hydrogen (secondary N) is 1. The van der Waals surface area contributed by atoms with Crippen LogP contribution in [0, 0.1) is 0 Å². The molecule has 0 amide bonds. The Labute approximate surface area is 122 Å². The second-order valence-electron chi connectivity index (χ2n) is 5.25. The summed E-state index contributed by atoms with van der Waals surface area (Å²) in [5.74, 6) is 0.794. The van der Waals surface area contributed by atoms with E-state index in [2.05, 4.69) is 19.2 Å². The second kappa shape index (κ2) is 9.75. The van der Waals surface area contributed by atoms with Gasteiger partial charge in [0.05, 0.1) is 12.7 Å². The van der Waals surface area contributed by atoms with Gasteiger partial charge in [-0.25, -0.2) is 0 Å². The van der Waals surface area contributed by atoms with Crippen molar-refractivity contribution in [3.8, 4) is 5.75 Å². The monoisotopic (exact) mass is 281 g/mol. The molecule has 1 aromatic carbocycles. The van der Waals surface area contributed by atoms with Crippen molar-refractivity contribution >= 4 is 0 Å². The van der Waals surface area contributed by atoms with Gasteiger partial charge in [0.1, 0.15) is 12.4 Å². The first-order valence-electron chi connectivity index (χ1n) is 7.24. The van der Waals surface area contributed by atoms with Crippen molar-refractivity contribution in [1.82, 2.24) is 5.32 Å². The molecule has 0 aromatic heterocycles. The third-order valence-electron chi connectivity index (χ3n) is 2.99. The van der Waals surface area contributed by atoms with Gasteiger partial charge in [0.25, 0.3) is 0 Å². The topological polar surface area (TPSA) is 50.7 Å². The zero-order valence-corrected chi connectivity index (χ0v) is 12.8.